The number of aromatic nitrogens is 2. The van der Waals surface area contributed by atoms with Crippen molar-refractivity contribution in [2.24, 2.45) is 5.92 Å². The number of allylic oxidation sites excluding steroid dienone is 4. The van der Waals surface area contributed by atoms with Crippen molar-refractivity contribution in [3.8, 4) is 11.1 Å². The lowest BCUT2D eigenvalue weighted by atomic mass is 9.77. The zero-order valence-corrected chi connectivity index (χ0v) is 19.7. The summed E-state index contributed by atoms with van der Waals surface area (Å²) in [5.74, 6) is 0.667. The molecular formula is C29H31N3O. The fourth-order valence-corrected chi connectivity index (χ4v) is 6.55. The predicted molar refractivity (Wildman–Crippen MR) is 134 cm³/mol. The highest BCUT2D eigenvalue weighted by Gasteiger charge is 2.43. The smallest absolute Gasteiger partial charge is 0.252 e. The van der Waals surface area contributed by atoms with Crippen LogP contribution in [0.1, 0.15) is 80.8 Å². The molecule has 0 radical (unpaired) electrons. The van der Waals surface area contributed by atoms with Gasteiger partial charge in [-0.2, -0.15) is 0 Å². The maximum Gasteiger partial charge on any atom is 0.252 e. The quantitative estimate of drug-likeness (QED) is 0.458. The van der Waals surface area contributed by atoms with E-state index in [2.05, 4.69) is 61.5 Å². The third kappa shape index (κ3) is 3.18. The van der Waals surface area contributed by atoms with Gasteiger partial charge in [-0.25, -0.2) is 4.98 Å². The summed E-state index contributed by atoms with van der Waals surface area (Å²) in [7, 11) is 0. The topological polar surface area (TPSA) is 57.8 Å². The molecule has 2 aliphatic carbocycles. The lowest BCUT2D eigenvalue weighted by Crippen LogP contribution is -2.40. The second kappa shape index (κ2) is 7.44. The Morgan fingerprint density at radius 1 is 1.03 bits per heavy atom. The summed E-state index contributed by atoms with van der Waals surface area (Å²) in [6, 6.07) is 8.65. The highest BCUT2D eigenvalue weighted by atomic mass is 16.2. The molecule has 1 atom stereocenters. The van der Waals surface area contributed by atoms with Crippen LogP contribution in [0.5, 0.6) is 0 Å². The average Bonchev–Trinajstić information content (AvgIpc) is 3.32. The molecule has 0 bridgehead atoms. The summed E-state index contributed by atoms with van der Waals surface area (Å²) in [5.41, 5.74) is 10.3. The van der Waals surface area contributed by atoms with Crippen molar-refractivity contribution in [3.05, 3.63) is 70.6 Å². The van der Waals surface area contributed by atoms with E-state index in [1.807, 2.05) is 12.3 Å². The number of aromatic amines is 1. The summed E-state index contributed by atoms with van der Waals surface area (Å²) < 4.78 is 0. The summed E-state index contributed by atoms with van der Waals surface area (Å²) in [4.78, 5) is 20.9. The van der Waals surface area contributed by atoms with Crippen LogP contribution in [0.2, 0.25) is 0 Å². The van der Waals surface area contributed by atoms with Gasteiger partial charge in [0.2, 0.25) is 0 Å². The Morgan fingerprint density at radius 2 is 1.85 bits per heavy atom. The molecule has 1 saturated carbocycles. The van der Waals surface area contributed by atoms with Crippen LogP contribution in [0, 0.1) is 5.92 Å². The summed E-state index contributed by atoms with van der Waals surface area (Å²) >= 11 is 0. The number of amides is 1. The highest BCUT2D eigenvalue weighted by molar-refractivity contribution is 6.02. The van der Waals surface area contributed by atoms with Gasteiger partial charge < -0.3 is 10.3 Å². The molecule has 1 aromatic carbocycles. The van der Waals surface area contributed by atoms with Crippen molar-refractivity contribution in [1.82, 2.24) is 15.3 Å². The maximum absolute atomic E-state index is 12.7. The van der Waals surface area contributed by atoms with E-state index in [0.29, 0.717) is 5.92 Å². The second-order valence-corrected chi connectivity index (χ2v) is 10.4. The van der Waals surface area contributed by atoms with Crippen LogP contribution in [-0.2, 0) is 5.54 Å². The molecule has 168 valence electrons. The third-order valence-electron chi connectivity index (χ3n) is 7.95. The van der Waals surface area contributed by atoms with Gasteiger partial charge in [0.1, 0.15) is 5.65 Å². The van der Waals surface area contributed by atoms with Gasteiger partial charge in [0.25, 0.3) is 5.91 Å². The van der Waals surface area contributed by atoms with E-state index >= 15 is 0 Å². The third-order valence-corrected chi connectivity index (χ3v) is 7.95. The summed E-state index contributed by atoms with van der Waals surface area (Å²) in [6.45, 7) is 6.74. The number of fused-ring (bicyclic) bond motifs is 3. The zero-order valence-electron chi connectivity index (χ0n) is 19.7. The number of hydrogen-bond donors (Lipinski definition) is 2. The first-order valence-electron chi connectivity index (χ1n) is 12.3. The Bertz CT molecular complexity index is 1350. The van der Waals surface area contributed by atoms with Crippen molar-refractivity contribution < 1.29 is 4.79 Å². The molecule has 1 unspecified atom stereocenters. The number of pyridine rings is 1. The van der Waals surface area contributed by atoms with Crippen LogP contribution in [0.4, 0.5) is 0 Å². The molecular weight excluding hydrogens is 406 g/mol. The Labute approximate surface area is 195 Å². The molecule has 3 heterocycles. The van der Waals surface area contributed by atoms with Crippen molar-refractivity contribution in [3.63, 3.8) is 0 Å². The molecule has 6 rings (SSSR count). The van der Waals surface area contributed by atoms with Crippen LogP contribution in [0.25, 0.3) is 27.7 Å². The Hall–Kier alpha value is -3.14. The van der Waals surface area contributed by atoms with E-state index in [-0.39, 0.29) is 11.4 Å². The molecule has 2 aromatic heterocycles. The Morgan fingerprint density at radius 3 is 2.64 bits per heavy atom. The van der Waals surface area contributed by atoms with E-state index < -0.39 is 0 Å². The number of hydrogen-bond acceptors (Lipinski definition) is 2. The number of benzene rings is 1. The van der Waals surface area contributed by atoms with Gasteiger partial charge in [0, 0.05) is 34.5 Å². The monoisotopic (exact) mass is 437 g/mol. The van der Waals surface area contributed by atoms with Gasteiger partial charge in [-0.15, -0.1) is 0 Å². The lowest BCUT2D eigenvalue weighted by molar-refractivity contribution is 0.0909. The first-order chi connectivity index (χ1) is 15.9. The molecule has 1 aliphatic heterocycles. The minimum atomic E-state index is -0.182. The molecule has 2 N–H and O–H groups in total. The minimum absolute atomic E-state index is 0.0810. The van der Waals surface area contributed by atoms with Crippen molar-refractivity contribution in [2.75, 3.05) is 0 Å². The Balaban J connectivity index is 1.47. The van der Waals surface area contributed by atoms with Crippen LogP contribution in [0.15, 0.2) is 53.9 Å². The van der Waals surface area contributed by atoms with Crippen molar-refractivity contribution >= 4 is 22.5 Å². The minimum Gasteiger partial charge on any atom is -0.346 e. The fourth-order valence-electron chi connectivity index (χ4n) is 6.55. The molecule has 1 amide bonds. The lowest BCUT2D eigenvalue weighted by Gasteiger charge is -2.34. The standard InChI is InChI=1S/C29H31N3O/c1-17-11-18(2)26(19(3)12-17)21-13-23-24(16-31-27(23)30-15-21)20-7-8-22-25(14-20)29(32-28(22)33)9-5-4-6-10-29/h7-8,11,13-17H,4-6,9-10,12H2,1-3H3,(H,30,31)(H,32,33). The van der Waals surface area contributed by atoms with Crippen molar-refractivity contribution in [1.29, 1.82) is 0 Å². The molecule has 4 nitrogen and oxygen atoms in total. The highest BCUT2D eigenvalue weighted by Crippen LogP contribution is 2.44. The molecule has 1 spiro atoms. The molecule has 3 aliphatic rings. The van der Waals surface area contributed by atoms with Crippen molar-refractivity contribution in [2.45, 2.75) is 64.8 Å². The number of nitrogens with one attached hydrogen (secondary N) is 2. The fraction of sp³-hybridized carbons (Fsp3) is 0.379. The number of carbonyl (C=O) groups is 1. The van der Waals surface area contributed by atoms with E-state index in [0.717, 1.165) is 47.0 Å². The van der Waals surface area contributed by atoms with E-state index in [1.165, 1.54) is 47.1 Å². The van der Waals surface area contributed by atoms with Crippen LogP contribution in [-0.4, -0.2) is 15.9 Å². The maximum atomic E-state index is 12.7. The van der Waals surface area contributed by atoms with Crippen LogP contribution < -0.4 is 5.32 Å². The Kier molecular flexibility index (Phi) is 4.62. The zero-order chi connectivity index (χ0) is 22.7. The SMILES string of the molecule is CC1=CC(C)CC(C)=C1c1cnc2[nH]cc(-c3ccc4c(c3)C3(CCCCC3)NC4=O)c2c1. The first kappa shape index (κ1) is 20.5. The molecule has 1 fully saturated rings. The molecule has 4 heteroatoms. The number of carbonyl (C=O) groups excluding carboxylic acids is 1. The predicted octanol–water partition coefficient (Wildman–Crippen LogP) is 6.89. The van der Waals surface area contributed by atoms with Crippen LogP contribution >= 0.6 is 0 Å². The number of rotatable bonds is 2. The summed E-state index contributed by atoms with van der Waals surface area (Å²) in [5, 5.41) is 4.47. The average molecular weight is 438 g/mol. The van der Waals surface area contributed by atoms with Gasteiger partial charge >= 0.3 is 0 Å². The van der Waals surface area contributed by atoms with Gasteiger partial charge in [0.15, 0.2) is 0 Å². The number of H-pyrrole nitrogens is 1. The molecule has 3 aromatic rings. The first-order valence-corrected chi connectivity index (χ1v) is 12.3. The van der Waals surface area contributed by atoms with E-state index in [9.17, 15) is 4.79 Å². The largest absolute Gasteiger partial charge is 0.346 e. The van der Waals surface area contributed by atoms with Gasteiger partial charge in [-0.1, -0.05) is 43.9 Å². The van der Waals surface area contributed by atoms with E-state index in [1.54, 1.807) is 0 Å². The van der Waals surface area contributed by atoms with Gasteiger partial charge in [-0.05, 0) is 79.5 Å². The molecule has 33 heavy (non-hydrogen) atoms. The number of nitrogens with zero attached hydrogens (tertiary/aromatic N) is 1. The normalized spacial score (nSPS) is 22.0. The van der Waals surface area contributed by atoms with E-state index in [4.69, 9.17) is 4.98 Å². The van der Waals surface area contributed by atoms with Crippen LogP contribution in [0.3, 0.4) is 0 Å². The summed E-state index contributed by atoms with van der Waals surface area (Å²) in [6.07, 6.45) is 13.2. The van der Waals surface area contributed by atoms with Gasteiger partial charge in [-0.3, -0.25) is 4.79 Å². The van der Waals surface area contributed by atoms with Gasteiger partial charge in [0.05, 0.1) is 5.54 Å². The molecule has 0 saturated heterocycles. The second-order valence-electron chi connectivity index (χ2n) is 10.4.